The highest BCUT2D eigenvalue weighted by molar-refractivity contribution is 7.91. The third kappa shape index (κ3) is 0.979. The van der Waals surface area contributed by atoms with E-state index in [0.29, 0.717) is 0 Å². The Kier molecular flexibility index (Phi) is 2.03. The second-order valence-corrected chi connectivity index (χ2v) is 4.92. The van der Waals surface area contributed by atoms with Gasteiger partial charge in [-0.25, -0.2) is 13.2 Å². The summed E-state index contributed by atoms with van der Waals surface area (Å²) in [6.45, 7) is 3.24. The van der Waals surface area contributed by atoms with Crippen molar-refractivity contribution in [3.05, 3.63) is 0 Å². The lowest BCUT2D eigenvalue weighted by Gasteiger charge is -2.41. The zero-order valence-electron chi connectivity index (χ0n) is 7.14. The Labute approximate surface area is 71.4 Å². The first-order valence-electron chi connectivity index (χ1n) is 3.54. The van der Waals surface area contributed by atoms with Crippen molar-refractivity contribution in [1.82, 2.24) is 4.31 Å². The summed E-state index contributed by atoms with van der Waals surface area (Å²) in [4.78, 5) is 10.9. The fourth-order valence-electron chi connectivity index (χ4n) is 1.15. The minimum Gasteiger partial charge on any atom is -0.452 e. The van der Waals surface area contributed by atoms with Crippen molar-refractivity contribution in [3.63, 3.8) is 0 Å². The van der Waals surface area contributed by atoms with Crippen LogP contribution in [0.3, 0.4) is 0 Å². The Hall–Kier alpha value is -0.780. The second kappa shape index (κ2) is 2.62. The number of carbonyl (C=O) groups excluding carboxylic acids is 1. The van der Waals surface area contributed by atoms with Crippen molar-refractivity contribution < 1.29 is 17.9 Å². The number of ether oxygens (including phenoxy) is 1. The summed E-state index contributed by atoms with van der Waals surface area (Å²) < 4.78 is 27.4. The Bertz CT molecular complexity index is 297. The van der Waals surface area contributed by atoms with Gasteiger partial charge in [0.1, 0.15) is 0 Å². The molecule has 1 aliphatic rings. The molecule has 1 saturated heterocycles. The first kappa shape index (κ1) is 9.31. The van der Waals surface area contributed by atoms with E-state index in [0.717, 1.165) is 11.4 Å². The smallest absolute Gasteiger partial charge is 0.423 e. The van der Waals surface area contributed by atoms with E-state index in [-0.39, 0.29) is 6.04 Å². The number of methoxy groups -OCH3 is 1. The van der Waals surface area contributed by atoms with Gasteiger partial charge in [0.2, 0.25) is 10.0 Å². The Balaban J connectivity index is 2.89. The molecular formula is C6H11NO4S. The molecule has 0 aliphatic carbocycles. The molecule has 5 nitrogen and oxygen atoms in total. The third-order valence-electron chi connectivity index (χ3n) is 2.15. The van der Waals surface area contributed by atoms with Gasteiger partial charge in [-0.15, -0.1) is 0 Å². The van der Waals surface area contributed by atoms with Crippen LogP contribution in [0.1, 0.15) is 13.8 Å². The lowest BCUT2D eigenvalue weighted by Crippen LogP contribution is -2.63. The molecule has 0 bridgehead atoms. The van der Waals surface area contributed by atoms with Gasteiger partial charge >= 0.3 is 6.09 Å². The molecule has 1 heterocycles. The molecule has 0 unspecified atom stereocenters. The van der Waals surface area contributed by atoms with Gasteiger partial charge in [-0.2, -0.15) is 4.31 Å². The Morgan fingerprint density at radius 3 is 2.25 bits per heavy atom. The van der Waals surface area contributed by atoms with Crippen LogP contribution < -0.4 is 0 Å². The van der Waals surface area contributed by atoms with E-state index < -0.39 is 21.4 Å². The summed E-state index contributed by atoms with van der Waals surface area (Å²) in [5.74, 6) is 0. The summed E-state index contributed by atoms with van der Waals surface area (Å²) in [5, 5.41) is -0.489. The number of amides is 1. The molecule has 0 aromatic rings. The van der Waals surface area contributed by atoms with Crippen LogP contribution in [0.4, 0.5) is 4.79 Å². The predicted molar refractivity (Wildman–Crippen MR) is 42.1 cm³/mol. The van der Waals surface area contributed by atoms with Gasteiger partial charge in [-0.3, -0.25) is 0 Å². The molecule has 0 aromatic carbocycles. The zero-order valence-corrected chi connectivity index (χ0v) is 7.96. The standard InChI is InChI=1S/C6H11NO4S/c1-4-5(2)12(9,10)7(4)6(8)11-3/h4-5H,1-3H3/t4-,5-/m0/s1. The molecule has 0 aromatic heterocycles. The third-order valence-corrected chi connectivity index (χ3v) is 4.51. The predicted octanol–water partition coefficient (Wildman–Crippen LogP) is 0.175. The van der Waals surface area contributed by atoms with E-state index in [1.807, 2.05) is 0 Å². The molecule has 1 fully saturated rings. The minimum atomic E-state index is -3.40. The lowest BCUT2D eigenvalue weighted by atomic mass is 10.2. The number of nitrogens with zero attached hydrogens (tertiary/aromatic N) is 1. The van der Waals surface area contributed by atoms with Crippen LogP contribution in [0.5, 0.6) is 0 Å². The highest BCUT2D eigenvalue weighted by Gasteiger charge is 2.51. The maximum atomic E-state index is 11.2. The molecule has 0 saturated carbocycles. The molecule has 12 heavy (non-hydrogen) atoms. The largest absolute Gasteiger partial charge is 0.452 e. The molecule has 2 atom stereocenters. The molecule has 0 N–H and O–H groups in total. The second-order valence-electron chi connectivity index (χ2n) is 2.76. The monoisotopic (exact) mass is 193 g/mol. The molecule has 1 amide bonds. The maximum absolute atomic E-state index is 11.2. The summed E-state index contributed by atoms with van der Waals surface area (Å²) in [6, 6.07) is -0.289. The van der Waals surface area contributed by atoms with E-state index in [1.54, 1.807) is 13.8 Å². The average molecular weight is 193 g/mol. The van der Waals surface area contributed by atoms with Crippen LogP contribution in [0.2, 0.25) is 0 Å². The van der Waals surface area contributed by atoms with Crippen molar-refractivity contribution in [2.24, 2.45) is 0 Å². The average Bonchev–Trinajstić information content (AvgIpc) is 2.03. The summed E-state index contributed by atoms with van der Waals surface area (Å²) in [7, 11) is -2.24. The quantitative estimate of drug-likeness (QED) is 0.550. The van der Waals surface area contributed by atoms with Crippen LogP contribution >= 0.6 is 0 Å². The number of rotatable bonds is 0. The van der Waals surface area contributed by atoms with E-state index in [1.165, 1.54) is 0 Å². The summed E-state index contributed by atoms with van der Waals surface area (Å²) in [5.41, 5.74) is 0. The van der Waals surface area contributed by atoms with E-state index in [2.05, 4.69) is 4.74 Å². The van der Waals surface area contributed by atoms with E-state index in [4.69, 9.17) is 0 Å². The first-order valence-corrected chi connectivity index (χ1v) is 5.04. The molecular weight excluding hydrogens is 182 g/mol. The SMILES string of the molecule is COC(=O)N1[C@@H](C)[C@H](C)S1(=O)=O. The molecule has 1 aliphatic heterocycles. The van der Waals surface area contributed by atoms with Crippen molar-refractivity contribution in [2.75, 3.05) is 7.11 Å². The van der Waals surface area contributed by atoms with Crippen molar-refractivity contribution >= 4 is 16.1 Å². The Morgan fingerprint density at radius 1 is 1.42 bits per heavy atom. The van der Waals surface area contributed by atoms with Crippen LogP contribution in [0.25, 0.3) is 0 Å². The van der Waals surface area contributed by atoms with Crippen LogP contribution in [-0.2, 0) is 14.8 Å². The maximum Gasteiger partial charge on any atom is 0.423 e. The highest BCUT2D eigenvalue weighted by atomic mass is 32.2. The Morgan fingerprint density at radius 2 is 1.92 bits per heavy atom. The molecule has 1 rings (SSSR count). The number of sulfonamides is 1. The van der Waals surface area contributed by atoms with Gasteiger partial charge in [0.15, 0.2) is 0 Å². The van der Waals surface area contributed by atoms with Gasteiger partial charge in [0.25, 0.3) is 0 Å². The van der Waals surface area contributed by atoms with Crippen LogP contribution in [0.15, 0.2) is 0 Å². The van der Waals surface area contributed by atoms with Gasteiger partial charge in [-0.05, 0) is 13.8 Å². The van der Waals surface area contributed by atoms with Crippen molar-refractivity contribution in [2.45, 2.75) is 25.1 Å². The highest BCUT2D eigenvalue weighted by Crippen LogP contribution is 2.29. The normalized spacial score (nSPS) is 32.4. The molecule has 6 heteroatoms. The topological polar surface area (TPSA) is 63.7 Å². The van der Waals surface area contributed by atoms with Gasteiger partial charge in [-0.1, -0.05) is 0 Å². The first-order chi connectivity index (χ1) is 5.42. The summed E-state index contributed by atoms with van der Waals surface area (Å²) >= 11 is 0. The van der Waals surface area contributed by atoms with Gasteiger partial charge in [0, 0.05) is 0 Å². The van der Waals surface area contributed by atoms with Gasteiger partial charge in [0.05, 0.1) is 18.4 Å². The van der Waals surface area contributed by atoms with E-state index in [9.17, 15) is 13.2 Å². The minimum absolute atomic E-state index is 0.289. The molecule has 0 spiro atoms. The van der Waals surface area contributed by atoms with Crippen molar-refractivity contribution in [3.8, 4) is 0 Å². The number of hydrogen-bond acceptors (Lipinski definition) is 4. The lowest BCUT2D eigenvalue weighted by molar-refractivity contribution is 0.130. The zero-order chi connectivity index (χ0) is 9.52. The van der Waals surface area contributed by atoms with Crippen LogP contribution in [-0.4, -0.2) is 37.2 Å². The van der Waals surface area contributed by atoms with Gasteiger partial charge < -0.3 is 4.74 Å². The van der Waals surface area contributed by atoms with Crippen molar-refractivity contribution in [1.29, 1.82) is 0 Å². The number of hydrogen-bond donors (Lipinski definition) is 0. The van der Waals surface area contributed by atoms with E-state index >= 15 is 0 Å². The molecule has 0 radical (unpaired) electrons. The molecule has 70 valence electrons. The van der Waals surface area contributed by atoms with Crippen LogP contribution in [0, 0.1) is 0 Å². The fourth-order valence-corrected chi connectivity index (χ4v) is 2.86. The number of carbonyl (C=O) groups is 1. The summed E-state index contributed by atoms with van der Waals surface area (Å²) in [6.07, 6.45) is -0.805. The fraction of sp³-hybridized carbons (Fsp3) is 0.833.